The van der Waals surface area contributed by atoms with Gasteiger partial charge in [0.05, 0.1) is 6.10 Å². The molecule has 30 heavy (non-hydrogen) atoms. The fourth-order valence-corrected chi connectivity index (χ4v) is 4.31. The molecule has 1 atom stereocenters. The highest BCUT2D eigenvalue weighted by Gasteiger charge is 2.31. The summed E-state index contributed by atoms with van der Waals surface area (Å²) in [6.07, 6.45) is 6.41. The number of likely N-dealkylation sites (tertiary alicyclic amines) is 1. The first-order chi connectivity index (χ1) is 14.5. The second kappa shape index (κ2) is 9.31. The highest BCUT2D eigenvalue weighted by atomic mass is 16.5. The molecule has 1 aromatic heterocycles. The summed E-state index contributed by atoms with van der Waals surface area (Å²) in [6.45, 7) is 5.17. The first-order valence-corrected chi connectivity index (χ1v) is 11.0. The molecule has 3 fully saturated rings. The Hall–Kier alpha value is -2.19. The molecule has 8 heteroatoms. The van der Waals surface area contributed by atoms with Crippen molar-refractivity contribution >= 4 is 11.8 Å². The van der Waals surface area contributed by atoms with Gasteiger partial charge in [-0.3, -0.25) is 14.4 Å². The van der Waals surface area contributed by atoms with Crippen LogP contribution in [0, 0.1) is 11.8 Å². The van der Waals surface area contributed by atoms with Crippen molar-refractivity contribution < 1.29 is 14.3 Å². The lowest BCUT2D eigenvalue weighted by molar-refractivity contribution is -0.149. The molecule has 4 rings (SSSR count). The van der Waals surface area contributed by atoms with Gasteiger partial charge in [0.1, 0.15) is 6.61 Å². The van der Waals surface area contributed by atoms with E-state index in [0.29, 0.717) is 24.6 Å². The summed E-state index contributed by atoms with van der Waals surface area (Å²) in [7, 11) is 1.64. The molecular weight excluding hydrogens is 384 g/mol. The third-order valence-corrected chi connectivity index (χ3v) is 6.48. The van der Waals surface area contributed by atoms with Gasteiger partial charge in [-0.1, -0.05) is 0 Å². The summed E-state index contributed by atoms with van der Waals surface area (Å²) in [6, 6.07) is 2.94. The van der Waals surface area contributed by atoms with Crippen LogP contribution in [-0.4, -0.2) is 78.2 Å². The normalized spacial score (nSPS) is 23.6. The largest absolute Gasteiger partial charge is 0.365 e. The Balaban J connectivity index is 1.23. The monoisotopic (exact) mass is 416 g/mol. The van der Waals surface area contributed by atoms with Crippen molar-refractivity contribution in [1.82, 2.24) is 19.7 Å². The highest BCUT2D eigenvalue weighted by Crippen LogP contribution is 2.31. The molecule has 0 bridgehead atoms. The van der Waals surface area contributed by atoms with Crippen LogP contribution in [0.3, 0.4) is 0 Å². The van der Waals surface area contributed by atoms with Crippen LogP contribution in [0.4, 0.5) is 0 Å². The minimum atomic E-state index is -0.303. The quantitative estimate of drug-likeness (QED) is 0.698. The maximum absolute atomic E-state index is 12.3. The van der Waals surface area contributed by atoms with Gasteiger partial charge >= 0.3 is 0 Å². The van der Waals surface area contributed by atoms with Gasteiger partial charge < -0.3 is 24.4 Å². The highest BCUT2D eigenvalue weighted by molar-refractivity contribution is 5.94. The minimum Gasteiger partial charge on any atom is -0.365 e. The number of carbonyl (C=O) groups is 2. The summed E-state index contributed by atoms with van der Waals surface area (Å²) < 4.78 is 7.04. The van der Waals surface area contributed by atoms with E-state index >= 15 is 0 Å². The number of ether oxygens (including phenoxy) is 1. The van der Waals surface area contributed by atoms with Gasteiger partial charge in [-0.15, -0.1) is 0 Å². The molecule has 3 heterocycles. The predicted molar refractivity (Wildman–Crippen MR) is 112 cm³/mol. The van der Waals surface area contributed by atoms with Crippen LogP contribution in [0.1, 0.15) is 36.0 Å². The van der Waals surface area contributed by atoms with Crippen LogP contribution >= 0.6 is 0 Å². The molecule has 2 saturated heterocycles. The standard InChI is InChI=1S/C22H32N4O4/c1-24-7-6-18(10-20(24)27)22(29)23-11-19-14-26(21(28)15-30-19)13-17-4-8-25(9-5-17)12-16-2-3-16/h6-7,10,16-17,19H,2-5,8-9,11-15H2,1H3,(H,23,29). The minimum absolute atomic E-state index is 0.0320. The number of hydrogen-bond donors (Lipinski definition) is 1. The van der Waals surface area contributed by atoms with E-state index in [-0.39, 0.29) is 30.1 Å². The molecule has 3 aliphatic rings. The fourth-order valence-electron chi connectivity index (χ4n) is 4.31. The smallest absolute Gasteiger partial charge is 0.251 e. The topological polar surface area (TPSA) is 83.9 Å². The molecule has 2 amide bonds. The zero-order chi connectivity index (χ0) is 21.1. The third kappa shape index (κ3) is 5.49. The molecule has 1 unspecified atom stereocenters. The van der Waals surface area contributed by atoms with Crippen molar-refractivity contribution in [3.8, 4) is 0 Å². The van der Waals surface area contributed by atoms with Gasteiger partial charge in [-0.2, -0.15) is 0 Å². The maximum atomic E-state index is 12.3. The zero-order valence-electron chi connectivity index (χ0n) is 17.7. The first-order valence-electron chi connectivity index (χ1n) is 11.0. The molecule has 1 aliphatic carbocycles. The first kappa shape index (κ1) is 21.1. The summed E-state index contributed by atoms with van der Waals surface area (Å²) in [5.41, 5.74) is 0.108. The Morgan fingerprint density at radius 3 is 2.57 bits per heavy atom. The van der Waals surface area contributed by atoms with E-state index in [0.717, 1.165) is 38.4 Å². The van der Waals surface area contributed by atoms with E-state index in [9.17, 15) is 14.4 Å². The number of nitrogens with zero attached hydrogens (tertiary/aromatic N) is 3. The summed E-state index contributed by atoms with van der Waals surface area (Å²) in [5.74, 6) is 1.20. The van der Waals surface area contributed by atoms with Crippen LogP contribution in [-0.2, 0) is 16.6 Å². The summed E-state index contributed by atoms with van der Waals surface area (Å²) in [4.78, 5) is 40.8. The Morgan fingerprint density at radius 1 is 1.13 bits per heavy atom. The van der Waals surface area contributed by atoms with Crippen molar-refractivity contribution in [3.63, 3.8) is 0 Å². The average molecular weight is 417 g/mol. The average Bonchev–Trinajstić information content (AvgIpc) is 3.56. The molecule has 8 nitrogen and oxygen atoms in total. The number of pyridine rings is 1. The van der Waals surface area contributed by atoms with Crippen LogP contribution in [0.5, 0.6) is 0 Å². The lowest BCUT2D eigenvalue weighted by atomic mass is 9.95. The SMILES string of the molecule is Cn1ccc(C(=O)NCC2CN(CC3CCN(CC4CC4)CC3)C(=O)CO2)cc1=O. The number of nitrogens with one attached hydrogen (secondary N) is 1. The third-order valence-electron chi connectivity index (χ3n) is 6.48. The van der Waals surface area contributed by atoms with Gasteiger partial charge in [-0.05, 0) is 56.7 Å². The molecule has 0 spiro atoms. The maximum Gasteiger partial charge on any atom is 0.251 e. The summed E-state index contributed by atoms with van der Waals surface area (Å²) in [5, 5.41) is 2.83. The van der Waals surface area contributed by atoms with Gasteiger partial charge in [0, 0.05) is 51.1 Å². The number of carbonyl (C=O) groups excluding carboxylic acids is 2. The van der Waals surface area contributed by atoms with Crippen LogP contribution < -0.4 is 10.9 Å². The van der Waals surface area contributed by atoms with E-state index < -0.39 is 0 Å². The molecule has 2 aliphatic heterocycles. The molecule has 1 N–H and O–H groups in total. The number of rotatable bonds is 7. The lowest BCUT2D eigenvalue weighted by Crippen LogP contribution is -2.52. The Kier molecular flexibility index (Phi) is 6.53. The van der Waals surface area contributed by atoms with E-state index in [4.69, 9.17) is 4.74 Å². The summed E-state index contributed by atoms with van der Waals surface area (Å²) >= 11 is 0. The van der Waals surface area contributed by atoms with E-state index in [2.05, 4.69) is 10.2 Å². The molecule has 0 radical (unpaired) electrons. The molecule has 0 aromatic carbocycles. The Morgan fingerprint density at radius 2 is 1.87 bits per heavy atom. The van der Waals surface area contributed by atoms with Crippen LogP contribution in [0.15, 0.2) is 23.1 Å². The second-order valence-electron chi connectivity index (χ2n) is 8.99. The van der Waals surface area contributed by atoms with Crippen LogP contribution in [0.2, 0.25) is 0 Å². The van der Waals surface area contributed by atoms with E-state index in [1.807, 2.05) is 4.90 Å². The Bertz CT molecular complexity index is 827. The number of morpholine rings is 1. The number of amides is 2. The van der Waals surface area contributed by atoms with E-state index in [1.165, 1.54) is 30.0 Å². The molecular formula is C22H32N4O4. The van der Waals surface area contributed by atoms with Crippen molar-refractivity contribution in [2.45, 2.75) is 31.8 Å². The van der Waals surface area contributed by atoms with Gasteiger partial charge in [0.2, 0.25) is 5.91 Å². The lowest BCUT2D eigenvalue weighted by Gasteiger charge is -2.38. The van der Waals surface area contributed by atoms with Crippen molar-refractivity contribution in [2.24, 2.45) is 18.9 Å². The zero-order valence-corrected chi connectivity index (χ0v) is 17.7. The van der Waals surface area contributed by atoms with Gasteiger partial charge in [-0.25, -0.2) is 0 Å². The number of aryl methyl sites for hydroxylation is 1. The molecule has 1 aromatic rings. The number of aromatic nitrogens is 1. The van der Waals surface area contributed by atoms with Crippen molar-refractivity contribution in [2.75, 3.05) is 45.9 Å². The number of piperidine rings is 1. The Labute approximate surface area is 177 Å². The predicted octanol–water partition coefficient (Wildman–Crippen LogP) is 0.465. The fraction of sp³-hybridized carbons (Fsp3) is 0.682. The van der Waals surface area contributed by atoms with Gasteiger partial charge in [0.15, 0.2) is 0 Å². The van der Waals surface area contributed by atoms with Gasteiger partial charge in [0.25, 0.3) is 11.5 Å². The van der Waals surface area contributed by atoms with Crippen molar-refractivity contribution in [3.05, 3.63) is 34.2 Å². The van der Waals surface area contributed by atoms with Crippen molar-refractivity contribution in [1.29, 1.82) is 0 Å². The van der Waals surface area contributed by atoms with Crippen LogP contribution in [0.25, 0.3) is 0 Å². The number of hydrogen-bond acceptors (Lipinski definition) is 5. The van der Waals surface area contributed by atoms with E-state index in [1.54, 1.807) is 19.3 Å². The molecule has 1 saturated carbocycles. The second-order valence-corrected chi connectivity index (χ2v) is 8.99. The molecule has 164 valence electrons.